The van der Waals surface area contributed by atoms with E-state index in [1.54, 1.807) is 12.1 Å². The Morgan fingerprint density at radius 1 is 1.25 bits per heavy atom. The maximum absolute atomic E-state index is 11.7. The number of amides is 2. The van der Waals surface area contributed by atoms with Gasteiger partial charge in [-0.05, 0) is 25.1 Å². The van der Waals surface area contributed by atoms with E-state index >= 15 is 0 Å². The number of nitrogens with zero attached hydrogens (tertiary/aromatic N) is 1. The Bertz CT molecular complexity index is 462. The average molecular weight is 278 g/mol. The number of rotatable bonds is 7. The standard InChI is InChI=1S/C14H22N4O2/c1-3-16-13(19)10-18(4-2)9-11-7-5-6-8-12(11)14(20)17-15/h5-8H,3-4,9-10,15H2,1-2H3,(H,16,19)(H,17,20). The molecule has 0 aliphatic rings. The van der Waals surface area contributed by atoms with E-state index in [1.165, 1.54) is 0 Å². The van der Waals surface area contributed by atoms with E-state index in [4.69, 9.17) is 5.84 Å². The molecule has 1 aromatic rings. The molecule has 6 nitrogen and oxygen atoms in total. The van der Waals surface area contributed by atoms with Crippen molar-refractivity contribution in [2.24, 2.45) is 5.84 Å². The highest BCUT2D eigenvalue weighted by Crippen LogP contribution is 2.11. The number of likely N-dealkylation sites (N-methyl/N-ethyl adjacent to an activating group) is 2. The first-order valence-electron chi connectivity index (χ1n) is 6.70. The highest BCUT2D eigenvalue weighted by atomic mass is 16.2. The maximum Gasteiger partial charge on any atom is 0.265 e. The lowest BCUT2D eigenvalue weighted by Crippen LogP contribution is -2.37. The SMILES string of the molecule is CCNC(=O)CN(CC)Cc1ccccc1C(=O)NN. The molecule has 0 bridgehead atoms. The molecule has 20 heavy (non-hydrogen) atoms. The van der Waals surface area contributed by atoms with Crippen LogP contribution >= 0.6 is 0 Å². The maximum atomic E-state index is 11.7. The molecular weight excluding hydrogens is 256 g/mol. The molecule has 4 N–H and O–H groups in total. The van der Waals surface area contributed by atoms with Crippen LogP contribution in [0.4, 0.5) is 0 Å². The van der Waals surface area contributed by atoms with Crippen molar-refractivity contribution < 1.29 is 9.59 Å². The molecule has 0 saturated carbocycles. The van der Waals surface area contributed by atoms with E-state index in [1.807, 2.05) is 30.9 Å². The van der Waals surface area contributed by atoms with Crippen molar-refractivity contribution in [3.63, 3.8) is 0 Å². The lowest BCUT2D eigenvalue weighted by molar-refractivity contribution is -0.122. The fourth-order valence-electron chi connectivity index (χ4n) is 1.93. The van der Waals surface area contributed by atoms with Crippen molar-refractivity contribution in [2.75, 3.05) is 19.6 Å². The Hall–Kier alpha value is -1.92. The van der Waals surface area contributed by atoms with E-state index in [-0.39, 0.29) is 11.8 Å². The molecule has 0 atom stereocenters. The van der Waals surface area contributed by atoms with Crippen LogP contribution in [0.3, 0.4) is 0 Å². The van der Waals surface area contributed by atoms with Gasteiger partial charge in [0.15, 0.2) is 0 Å². The minimum Gasteiger partial charge on any atom is -0.355 e. The predicted molar refractivity (Wildman–Crippen MR) is 77.7 cm³/mol. The molecule has 0 unspecified atom stereocenters. The summed E-state index contributed by atoms with van der Waals surface area (Å²) in [4.78, 5) is 25.3. The number of carbonyl (C=O) groups excluding carboxylic acids is 2. The molecule has 1 rings (SSSR count). The smallest absolute Gasteiger partial charge is 0.265 e. The van der Waals surface area contributed by atoms with Gasteiger partial charge in [0.05, 0.1) is 6.54 Å². The van der Waals surface area contributed by atoms with Gasteiger partial charge in [-0.25, -0.2) is 5.84 Å². The summed E-state index contributed by atoms with van der Waals surface area (Å²) >= 11 is 0. The summed E-state index contributed by atoms with van der Waals surface area (Å²) in [5.41, 5.74) is 3.52. The number of hydrazine groups is 1. The van der Waals surface area contributed by atoms with Gasteiger partial charge in [-0.3, -0.25) is 19.9 Å². The van der Waals surface area contributed by atoms with Gasteiger partial charge in [0.1, 0.15) is 0 Å². The van der Waals surface area contributed by atoms with Crippen molar-refractivity contribution in [1.82, 2.24) is 15.6 Å². The first kappa shape index (κ1) is 16.1. The minimum absolute atomic E-state index is 0.0184. The number of nitrogen functional groups attached to an aromatic ring is 1. The zero-order valence-electron chi connectivity index (χ0n) is 12.0. The highest BCUT2D eigenvalue weighted by molar-refractivity contribution is 5.95. The molecule has 6 heteroatoms. The second kappa shape index (κ2) is 8.29. The highest BCUT2D eigenvalue weighted by Gasteiger charge is 2.14. The first-order valence-corrected chi connectivity index (χ1v) is 6.70. The molecule has 0 aliphatic carbocycles. The third kappa shape index (κ3) is 4.64. The van der Waals surface area contributed by atoms with Crippen LogP contribution < -0.4 is 16.6 Å². The zero-order chi connectivity index (χ0) is 15.0. The second-order valence-corrected chi connectivity index (χ2v) is 4.39. The fraction of sp³-hybridized carbons (Fsp3) is 0.429. The van der Waals surface area contributed by atoms with Gasteiger partial charge < -0.3 is 5.32 Å². The van der Waals surface area contributed by atoms with Gasteiger partial charge >= 0.3 is 0 Å². The molecule has 0 saturated heterocycles. The minimum atomic E-state index is -0.324. The summed E-state index contributed by atoms with van der Waals surface area (Å²) in [6, 6.07) is 7.24. The molecule has 0 aromatic heterocycles. The number of nitrogens with one attached hydrogen (secondary N) is 2. The third-order valence-corrected chi connectivity index (χ3v) is 2.98. The molecule has 0 heterocycles. The van der Waals surface area contributed by atoms with Gasteiger partial charge in [-0.1, -0.05) is 25.1 Å². The topological polar surface area (TPSA) is 87.5 Å². The van der Waals surface area contributed by atoms with Gasteiger partial charge in [0.25, 0.3) is 5.91 Å². The molecule has 0 radical (unpaired) electrons. The Morgan fingerprint density at radius 3 is 2.55 bits per heavy atom. The number of carbonyl (C=O) groups is 2. The molecular formula is C14H22N4O2. The predicted octanol–water partition coefficient (Wildman–Crippen LogP) is 0.248. The summed E-state index contributed by atoms with van der Waals surface area (Å²) in [6.07, 6.45) is 0. The summed E-state index contributed by atoms with van der Waals surface area (Å²) in [6.45, 7) is 6.03. The summed E-state index contributed by atoms with van der Waals surface area (Å²) in [5.74, 6) is 4.84. The van der Waals surface area contributed by atoms with Crippen LogP contribution in [-0.2, 0) is 11.3 Å². The van der Waals surface area contributed by atoms with E-state index in [2.05, 4.69) is 10.7 Å². The summed E-state index contributed by atoms with van der Waals surface area (Å²) in [5, 5.41) is 2.76. The van der Waals surface area contributed by atoms with Crippen LogP contribution in [-0.4, -0.2) is 36.3 Å². The Labute approximate surface area is 119 Å². The molecule has 0 fully saturated rings. The first-order chi connectivity index (χ1) is 9.62. The van der Waals surface area contributed by atoms with Crippen LogP contribution in [0.5, 0.6) is 0 Å². The average Bonchev–Trinajstić information content (AvgIpc) is 2.46. The normalized spacial score (nSPS) is 10.4. The number of benzene rings is 1. The largest absolute Gasteiger partial charge is 0.355 e. The number of hydrogen-bond acceptors (Lipinski definition) is 4. The van der Waals surface area contributed by atoms with Crippen molar-refractivity contribution >= 4 is 11.8 Å². The van der Waals surface area contributed by atoms with Crippen LogP contribution in [0.1, 0.15) is 29.8 Å². The fourth-order valence-corrected chi connectivity index (χ4v) is 1.93. The second-order valence-electron chi connectivity index (χ2n) is 4.39. The number of hydrogen-bond donors (Lipinski definition) is 3. The molecule has 0 spiro atoms. The van der Waals surface area contributed by atoms with Crippen LogP contribution in [0.15, 0.2) is 24.3 Å². The number of nitrogens with two attached hydrogens (primary N) is 1. The molecule has 110 valence electrons. The zero-order valence-corrected chi connectivity index (χ0v) is 12.0. The van der Waals surface area contributed by atoms with Crippen molar-refractivity contribution in [1.29, 1.82) is 0 Å². The Kier molecular flexibility index (Phi) is 6.69. The van der Waals surface area contributed by atoms with Gasteiger partial charge in [0.2, 0.25) is 5.91 Å². The molecule has 0 aliphatic heterocycles. The van der Waals surface area contributed by atoms with E-state index in [0.29, 0.717) is 25.2 Å². The monoisotopic (exact) mass is 278 g/mol. The van der Waals surface area contributed by atoms with Gasteiger partial charge in [0, 0.05) is 18.7 Å². The van der Waals surface area contributed by atoms with E-state index in [9.17, 15) is 9.59 Å². The summed E-state index contributed by atoms with van der Waals surface area (Å²) < 4.78 is 0. The van der Waals surface area contributed by atoms with Crippen LogP contribution in [0.25, 0.3) is 0 Å². The lowest BCUT2D eigenvalue weighted by atomic mass is 10.1. The third-order valence-electron chi connectivity index (χ3n) is 2.98. The molecule has 1 aromatic carbocycles. The van der Waals surface area contributed by atoms with Crippen molar-refractivity contribution in [2.45, 2.75) is 20.4 Å². The van der Waals surface area contributed by atoms with Gasteiger partial charge in [-0.2, -0.15) is 0 Å². The van der Waals surface area contributed by atoms with Crippen molar-refractivity contribution in [3.8, 4) is 0 Å². The van der Waals surface area contributed by atoms with Crippen LogP contribution in [0.2, 0.25) is 0 Å². The van der Waals surface area contributed by atoms with Gasteiger partial charge in [-0.15, -0.1) is 0 Å². The lowest BCUT2D eigenvalue weighted by Gasteiger charge is -2.21. The van der Waals surface area contributed by atoms with Crippen LogP contribution in [0, 0.1) is 0 Å². The Morgan fingerprint density at radius 2 is 1.95 bits per heavy atom. The van der Waals surface area contributed by atoms with E-state index < -0.39 is 0 Å². The van der Waals surface area contributed by atoms with Crippen molar-refractivity contribution in [3.05, 3.63) is 35.4 Å². The molecule has 2 amide bonds. The quantitative estimate of drug-likeness (QED) is 0.379. The Balaban J connectivity index is 2.79. The van der Waals surface area contributed by atoms with E-state index in [0.717, 1.165) is 12.1 Å². The summed E-state index contributed by atoms with van der Waals surface area (Å²) in [7, 11) is 0.